The van der Waals surface area contributed by atoms with Crippen LogP contribution in [0.2, 0.25) is 0 Å². The highest BCUT2D eigenvalue weighted by Crippen LogP contribution is 2.30. The molecular formula is C25H26N2O3S. The lowest BCUT2D eigenvalue weighted by Crippen LogP contribution is -2.37. The van der Waals surface area contributed by atoms with Crippen LogP contribution in [0.4, 0.5) is 0 Å². The van der Waals surface area contributed by atoms with E-state index in [9.17, 15) is 9.59 Å². The van der Waals surface area contributed by atoms with Gasteiger partial charge in [-0.3, -0.25) is 9.59 Å². The third-order valence-electron chi connectivity index (χ3n) is 5.75. The van der Waals surface area contributed by atoms with Crippen molar-refractivity contribution in [2.75, 3.05) is 33.8 Å². The van der Waals surface area contributed by atoms with Crippen molar-refractivity contribution in [3.63, 3.8) is 0 Å². The van der Waals surface area contributed by atoms with E-state index in [4.69, 9.17) is 4.74 Å². The predicted octanol–water partition coefficient (Wildman–Crippen LogP) is 4.20. The molecule has 4 rings (SSSR count). The van der Waals surface area contributed by atoms with E-state index in [1.807, 2.05) is 37.4 Å². The van der Waals surface area contributed by atoms with Gasteiger partial charge in [0.15, 0.2) is 0 Å². The van der Waals surface area contributed by atoms with Crippen molar-refractivity contribution in [2.45, 2.75) is 6.42 Å². The number of thiophene rings is 1. The Balaban J connectivity index is 1.60. The van der Waals surface area contributed by atoms with E-state index in [0.29, 0.717) is 37.4 Å². The Hall–Kier alpha value is -3.12. The standard InChI is InChI=1S/C25H26N2O3S/c1-26-12-13-27(25(29)19-8-5-9-21(16-19)30-2)17-20(24(26)28)15-18-7-3-4-10-22(18)23-11-6-14-31-23/h3-11,14,16,20H,12-13,15,17H2,1-2H3. The lowest BCUT2D eigenvalue weighted by Gasteiger charge is -2.24. The molecule has 1 aliphatic rings. The van der Waals surface area contributed by atoms with Gasteiger partial charge in [-0.15, -0.1) is 11.3 Å². The molecule has 0 saturated carbocycles. The van der Waals surface area contributed by atoms with Gasteiger partial charge in [0.25, 0.3) is 5.91 Å². The summed E-state index contributed by atoms with van der Waals surface area (Å²) in [5, 5.41) is 2.06. The molecule has 1 saturated heterocycles. The zero-order valence-electron chi connectivity index (χ0n) is 17.8. The molecule has 0 spiro atoms. The fourth-order valence-corrected chi connectivity index (χ4v) is 4.83. The fourth-order valence-electron chi connectivity index (χ4n) is 4.04. The average Bonchev–Trinajstić information content (AvgIpc) is 3.30. The zero-order chi connectivity index (χ0) is 21.8. The maximum absolute atomic E-state index is 13.2. The number of carbonyl (C=O) groups is 2. The summed E-state index contributed by atoms with van der Waals surface area (Å²) >= 11 is 1.69. The van der Waals surface area contributed by atoms with Crippen LogP contribution in [0.15, 0.2) is 66.0 Å². The summed E-state index contributed by atoms with van der Waals surface area (Å²) in [6, 6.07) is 19.5. The van der Waals surface area contributed by atoms with Crippen LogP contribution in [-0.4, -0.2) is 55.4 Å². The van der Waals surface area contributed by atoms with E-state index >= 15 is 0 Å². The van der Waals surface area contributed by atoms with Crippen molar-refractivity contribution < 1.29 is 14.3 Å². The molecule has 2 amide bonds. The fraction of sp³-hybridized carbons (Fsp3) is 0.280. The van der Waals surface area contributed by atoms with E-state index < -0.39 is 0 Å². The second-order valence-electron chi connectivity index (χ2n) is 7.78. The molecule has 0 radical (unpaired) electrons. The Bertz CT molecular complexity index is 1060. The second-order valence-corrected chi connectivity index (χ2v) is 8.73. The van der Waals surface area contributed by atoms with Crippen LogP contribution in [0.3, 0.4) is 0 Å². The highest BCUT2D eigenvalue weighted by atomic mass is 32.1. The largest absolute Gasteiger partial charge is 0.497 e. The number of carbonyl (C=O) groups excluding carboxylic acids is 2. The highest BCUT2D eigenvalue weighted by molar-refractivity contribution is 7.13. The monoisotopic (exact) mass is 434 g/mol. The van der Waals surface area contributed by atoms with Crippen molar-refractivity contribution in [3.05, 3.63) is 77.2 Å². The van der Waals surface area contributed by atoms with Gasteiger partial charge in [-0.25, -0.2) is 0 Å². The highest BCUT2D eigenvalue weighted by Gasteiger charge is 2.31. The molecule has 1 unspecified atom stereocenters. The Morgan fingerprint density at radius 3 is 2.71 bits per heavy atom. The Morgan fingerprint density at radius 1 is 1.10 bits per heavy atom. The van der Waals surface area contributed by atoms with Crippen LogP contribution in [-0.2, 0) is 11.2 Å². The Labute approximate surface area is 186 Å². The van der Waals surface area contributed by atoms with E-state index in [-0.39, 0.29) is 17.7 Å². The summed E-state index contributed by atoms with van der Waals surface area (Å²) < 4.78 is 5.27. The molecule has 5 nitrogen and oxygen atoms in total. The molecule has 1 atom stereocenters. The van der Waals surface area contributed by atoms with Gasteiger partial charge in [-0.2, -0.15) is 0 Å². The van der Waals surface area contributed by atoms with Crippen molar-refractivity contribution in [3.8, 4) is 16.2 Å². The molecule has 31 heavy (non-hydrogen) atoms. The molecule has 1 aromatic heterocycles. The molecule has 2 heterocycles. The topological polar surface area (TPSA) is 49.9 Å². The van der Waals surface area contributed by atoms with Crippen molar-refractivity contribution >= 4 is 23.2 Å². The van der Waals surface area contributed by atoms with Crippen LogP contribution in [0.1, 0.15) is 15.9 Å². The molecule has 0 N–H and O–H groups in total. The summed E-state index contributed by atoms with van der Waals surface area (Å²) in [5.74, 6) is 0.374. The van der Waals surface area contributed by atoms with Crippen LogP contribution in [0, 0.1) is 5.92 Å². The summed E-state index contributed by atoms with van der Waals surface area (Å²) in [6.07, 6.45) is 0.596. The van der Waals surface area contributed by atoms with E-state index in [1.54, 1.807) is 40.4 Å². The third-order valence-corrected chi connectivity index (χ3v) is 6.65. The quantitative estimate of drug-likeness (QED) is 0.605. The maximum atomic E-state index is 13.2. The number of nitrogens with zero attached hydrogens (tertiary/aromatic N) is 2. The molecule has 3 aromatic rings. The second kappa shape index (κ2) is 9.35. The van der Waals surface area contributed by atoms with Crippen molar-refractivity contribution in [2.24, 2.45) is 5.92 Å². The number of hydrogen-bond acceptors (Lipinski definition) is 4. The number of amides is 2. The molecular weight excluding hydrogens is 408 g/mol. The number of methoxy groups -OCH3 is 1. The SMILES string of the molecule is COc1cccc(C(=O)N2CCN(C)C(=O)C(Cc3ccccc3-c3cccs3)C2)c1. The zero-order valence-corrected chi connectivity index (χ0v) is 18.6. The third kappa shape index (κ3) is 4.64. The van der Waals surface area contributed by atoms with Gasteiger partial charge in [0.2, 0.25) is 5.91 Å². The van der Waals surface area contributed by atoms with Gasteiger partial charge in [0, 0.05) is 37.1 Å². The molecule has 0 bridgehead atoms. The van der Waals surface area contributed by atoms with Gasteiger partial charge in [0.1, 0.15) is 5.75 Å². The van der Waals surface area contributed by atoms with Gasteiger partial charge in [-0.05, 0) is 47.2 Å². The summed E-state index contributed by atoms with van der Waals surface area (Å²) in [4.78, 5) is 31.1. The molecule has 160 valence electrons. The van der Waals surface area contributed by atoms with E-state index in [2.05, 4.69) is 23.6 Å². The van der Waals surface area contributed by atoms with Gasteiger partial charge >= 0.3 is 0 Å². The van der Waals surface area contributed by atoms with Gasteiger partial charge in [0.05, 0.1) is 13.0 Å². The molecule has 0 aliphatic carbocycles. The smallest absolute Gasteiger partial charge is 0.254 e. The normalized spacial score (nSPS) is 16.8. The first-order chi connectivity index (χ1) is 15.1. The van der Waals surface area contributed by atoms with Crippen molar-refractivity contribution in [1.82, 2.24) is 9.80 Å². The first-order valence-electron chi connectivity index (χ1n) is 10.4. The predicted molar refractivity (Wildman–Crippen MR) is 123 cm³/mol. The Morgan fingerprint density at radius 2 is 1.94 bits per heavy atom. The lowest BCUT2D eigenvalue weighted by atomic mass is 9.93. The minimum atomic E-state index is -0.289. The molecule has 1 aliphatic heterocycles. The number of rotatable bonds is 5. The minimum absolute atomic E-state index is 0.0708. The number of hydrogen-bond donors (Lipinski definition) is 0. The molecule has 2 aromatic carbocycles. The number of likely N-dealkylation sites (N-methyl/N-ethyl adjacent to an activating group) is 1. The van der Waals surface area contributed by atoms with Gasteiger partial charge < -0.3 is 14.5 Å². The lowest BCUT2D eigenvalue weighted by molar-refractivity contribution is -0.133. The first-order valence-corrected chi connectivity index (χ1v) is 11.2. The van der Waals surface area contributed by atoms with Gasteiger partial charge in [-0.1, -0.05) is 36.4 Å². The minimum Gasteiger partial charge on any atom is -0.497 e. The van der Waals surface area contributed by atoms with Crippen LogP contribution in [0.5, 0.6) is 5.75 Å². The van der Waals surface area contributed by atoms with Crippen LogP contribution < -0.4 is 4.74 Å². The first kappa shape index (κ1) is 21.1. The number of benzene rings is 2. The molecule has 1 fully saturated rings. The van der Waals surface area contributed by atoms with E-state index in [0.717, 1.165) is 11.1 Å². The Kier molecular flexibility index (Phi) is 6.37. The van der Waals surface area contributed by atoms with Crippen LogP contribution in [0.25, 0.3) is 10.4 Å². The summed E-state index contributed by atoms with van der Waals surface area (Å²) in [6.45, 7) is 1.44. The van der Waals surface area contributed by atoms with Crippen LogP contribution >= 0.6 is 11.3 Å². The molecule has 6 heteroatoms. The summed E-state index contributed by atoms with van der Waals surface area (Å²) in [7, 11) is 3.41. The van der Waals surface area contributed by atoms with Crippen molar-refractivity contribution in [1.29, 1.82) is 0 Å². The summed E-state index contributed by atoms with van der Waals surface area (Å²) in [5.41, 5.74) is 2.87. The average molecular weight is 435 g/mol. The number of ether oxygens (including phenoxy) is 1. The van der Waals surface area contributed by atoms with E-state index in [1.165, 1.54) is 4.88 Å². The maximum Gasteiger partial charge on any atom is 0.254 e.